The molecule has 132 valence electrons. The lowest BCUT2D eigenvalue weighted by Crippen LogP contribution is -2.57. The van der Waals surface area contributed by atoms with Gasteiger partial charge in [-0.05, 0) is 30.7 Å². The predicted octanol–water partition coefficient (Wildman–Crippen LogP) is 4.50. The standard InChI is InChI=1S/C18H16ClF3N2O/c1-12(25)18(13-5-3-2-4-6-13)15-9-14(19)7-8-16(15)23-11-24(18)10-17(20,21)22/h2-9,11-12,25H,10H2,1H3. The molecule has 2 aromatic carbocycles. The molecule has 0 saturated carbocycles. The van der Waals surface area contributed by atoms with E-state index in [9.17, 15) is 18.3 Å². The quantitative estimate of drug-likeness (QED) is 0.865. The van der Waals surface area contributed by atoms with E-state index in [0.29, 0.717) is 21.8 Å². The topological polar surface area (TPSA) is 35.8 Å². The first-order valence-corrected chi connectivity index (χ1v) is 8.04. The predicted molar refractivity (Wildman–Crippen MR) is 91.3 cm³/mol. The molecule has 25 heavy (non-hydrogen) atoms. The van der Waals surface area contributed by atoms with Gasteiger partial charge in [0.2, 0.25) is 0 Å². The maximum absolute atomic E-state index is 13.2. The number of aliphatic imine (C=N–C) groups is 1. The zero-order chi connectivity index (χ0) is 18.2. The summed E-state index contributed by atoms with van der Waals surface area (Å²) in [6.07, 6.45) is -4.47. The number of nitrogens with zero attached hydrogens (tertiary/aromatic N) is 2. The fraction of sp³-hybridized carbons (Fsp3) is 0.278. The van der Waals surface area contributed by atoms with Gasteiger partial charge in [-0.25, -0.2) is 4.99 Å². The second kappa shape index (κ2) is 6.35. The monoisotopic (exact) mass is 368 g/mol. The number of benzene rings is 2. The van der Waals surface area contributed by atoms with Crippen LogP contribution in [0.3, 0.4) is 0 Å². The summed E-state index contributed by atoms with van der Waals surface area (Å²) in [6, 6.07) is 13.4. The summed E-state index contributed by atoms with van der Waals surface area (Å²) in [5, 5.41) is 11.0. The van der Waals surface area contributed by atoms with Gasteiger partial charge in [0, 0.05) is 10.6 Å². The molecule has 2 unspecified atom stereocenters. The average Bonchev–Trinajstić information content (AvgIpc) is 2.54. The molecule has 1 aliphatic rings. The van der Waals surface area contributed by atoms with Crippen molar-refractivity contribution < 1.29 is 18.3 Å². The van der Waals surface area contributed by atoms with Gasteiger partial charge < -0.3 is 10.0 Å². The normalized spacial score (nSPS) is 21.1. The molecule has 2 aromatic rings. The summed E-state index contributed by atoms with van der Waals surface area (Å²) in [5.74, 6) is 0. The van der Waals surface area contributed by atoms with E-state index >= 15 is 0 Å². The Labute approximate surface area is 148 Å². The lowest BCUT2D eigenvalue weighted by atomic mass is 9.76. The minimum Gasteiger partial charge on any atom is -0.390 e. The molecule has 0 spiro atoms. The van der Waals surface area contributed by atoms with Crippen molar-refractivity contribution in [1.82, 2.24) is 4.90 Å². The smallest absolute Gasteiger partial charge is 0.390 e. The Kier molecular flexibility index (Phi) is 4.51. The molecule has 0 fully saturated rings. The van der Waals surface area contributed by atoms with E-state index < -0.39 is 24.4 Å². The summed E-state index contributed by atoms with van der Waals surface area (Å²) in [7, 11) is 0. The first kappa shape index (κ1) is 17.8. The fourth-order valence-corrected chi connectivity index (χ4v) is 3.55. The number of hydrogen-bond acceptors (Lipinski definition) is 3. The van der Waals surface area contributed by atoms with Gasteiger partial charge in [0.05, 0.1) is 18.1 Å². The van der Waals surface area contributed by atoms with Crippen molar-refractivity contribution >= 4 is 23.6 Å². The van der Waals surface area contributed by atoms with E-state index in [4.69, 9.17) is 11.6 Å². The van der Waals surface area contributed by atoms with Gasteiger partial charge in [0.15, 0.2) is 0 Å². The molecule has 0 amide bonds. The Balaban J connectivity index is 2.31. The zero-order valence-electron chi connectivity index (χ0n) is 13.3. The van der Waals surface area contributed by atoms with Crippen molar-refractivity contribution in [1.29, 1.82) is 0 Å². The fourth-order valence-electron chi connectivity index (χ4n) is 3.38. The van der Waals surface area contributed by atoms with Gasteiger partial charge >= 0.3 is 6.18 Å². The van der Waals surface area contributed by atoms with Crippen molar-refractivity contribution in [2.24, 2.45) is 4.99 Å². The van der Waals surface area contributed by atoms with E-state index in [1.807, 2.05) is 0 Å². The molecule has 2 atom stereocenters. The van der Waals surface area contributed by atoms with Crippen LogP contribution in [0.5, 0.6) is 0 Å². The molecular formula is C18H16ClF3N2O. The van der Waals surface area contributed by atoms with Crippen molar-refractivity contribution in [2.75, 3.05) is 6.54 Å². The van der Waals surface area contributed by atoms with Crippen LogP contribution in [0, 0.1) is 0 Å². The zero-order valence-corrected chi connectivity index (χ0v) is 14.1. The van der Waals surface area contributed by atoms with Crippen LogP contribution in [0.15, 0.2) is 53.5 Å². The number of alkyl halides is 3. The Morgan fingerprint density at radius 1 is 1.20 bits per heavy atom. The molecule has 3 rings (SSSR count). The van der Waals surface area contributed by atoms with Crippen LogP contribution < -0.4 is 0 Å². The SMILES string of the molecule is CC(O)C1(c2ccccc2)c2cc(Cl)ccc2N=CN1CC(F)(F)F. The van der Waals surface area contributed by atoms with Crippen molar-refractivity contribution in [3.8, 4) is 0 Å². The van der Waals surface area contributed by atoms with E-state index in [1.54, 1.807) is 48.5 Å². The van der Waals surface area contributed by atoms with Crippen molar-refractivity contribution in [3.05, 3.63) is 64.7 Å². The molecule has 1 aliphatic heterocycles. The molecule has 0 aliphatic carbocycles. The second-order valence-corrected chi connectivity index (χ2v) is 6.39. The van der Waals surface area contributed by atoms with Gasteiger partial charge in [-0.3, -0.25) is 0 Å². The van der Waals surface area contributed by atoms with Crippen molar-refractivity contribution in [3.63, 3.8) is 0 Å². The van der Waals surface area contributed by atoms with Gasteiger partial charge in [-0.2, -0.15) is 13.2 Å². The van der Waals surface area contributed by atoms with Gasteiger partial charge in [-0.15, -0.1) is 0 Å². The Morgan fingerprint density at radius 3 is 2.48 bits per heavy atom. The van der Waals surface area contributed by atoms with Crippen LogP contribution in [0.25, 0.3) is 0 Å². The number of aliphatic hydroxyl groups excluding tert-OH is 1. The summed E-state index contributed by atoms with van der Waals surface area (Å²) in [5.41, 5.74) is 0.00289. The molecule has 1 N–H and O–H groups in total. The third-order valence-electron chi connectivity index (χ3n) is 4.33. The highest BCUT2D eigenvalue weighted by molar-refractivity contribution is 6.30. The molecule has 3 nitrogen and oxygen atoms in total. The number of halogens is 4. The first-order valence-electron chi connectivity index (χ1n) is 7.66. The maximum atomic E-state index is 13.2. The van der Waals surface area contributed by atoms with E-state index in [0.717, 1.165) is 11.2 Å². The van der Waals surface area contributed by atoms with E-state index in [1.165, 1.54) is 6.92 Å². The van der Waals surface area contributed by atoms with E-state index in [2.05, 4.69) is 4.99 Å². The largest absolute Gasteiger partial charge is 0.405 e. The molecule has 0 radical (unpaired) electrons. The number of fused-ring (bicyclic) bond motifs is 1. The minimum atomic E-state index is -4.46. The highest BCUT2D eigenvalue weighted by Gasteiger charge is 2.50. The molecule has 7 heteroatoms. The highest BCUT2D eigenvalue weighted by atomic mass is 35.5. The molecular weight excluding hydrogens is 353 g/mol. The maximum Gasteiger partial charge on any atom is 0.405 e. The van der Waals surface area contributed by atoms with Crippen LogP contribution in [0.2, 0.25) is 5.02 Å². The Morgan fingerprint density at radius 2 is 1.88 bits per heavy atom. The number of aliphatic hydroxyl groups is 1. The van der Waals surface area contributed by atoms with Crippen LogP contribution in [-0.4, -0.2) is 35.2 Å². The van der Waals surface area contributed by atoms with Crippen molar-refractivity contribution in [2.45, 2.75) is 24.7 Å². The third-order valence-corrected chi connectivity index (χ3v) is 4.56. The van der Waals surface area contributed by atoms with Gasteiger partial charge in [0.25, 0.3) is 0 Å². The summed E-state index contributed by atoms with van der Waals surface area (Å²) < 4.78 is 39.6. The van der Waals surface area contributed by atoms with E-state index in [-0.39, 0.29) is 0 Å². The molecule has 1 heterocycles. The second-order valence-electron chi connectivity index (χ2n) is 5.96. The molecule has 0 bridgehead atoms. The van der Waals surface area contributed by atoms with Gasteiger partial charge in [0.1, 0.15) is 12.1 Å². The average molecular weight is 369 g/mol. The van der Waals surface area contributed by atoms with Crippen LogP contribution in [0.1, 0.15) is 18.1 Å². The number of hydrogen-bond donors (Lipinski definition) is 1. The Bertz CT molecular complexity index is 793. The molecule has 0 aromatic heterocycles. The summed E-state index contributed by atoms with van der Waals surface area (Å²) in [6.45, 7) is 0.225. The summed E-state index contributed by atoms with van der Waals surface area (Å²) in [4.78, 5) is 5.17. The first-order chi connectivity index (χ1) is 11.7. The third kappa shape index (κ3) is 3.12. The van der Waals surface area contributed by atoms with Crippen LogP contribution in [0.4, 0.5) is 18.9 Å². The lowest BCUT2D eigenvalue weighted by Gasteiger charge is -2.48. The lowest BCUT2D eigenvalue weighted by molar-refractivity contribution is -0.151. The molecule has 0 saturated heterocycles. The number of rotatable bonds is 3. The van der Waals surface area contributed by atoms with Gasteiger partial charge in [-0.1, -0.05) is 41.9 Å². The Hall–Kier alpha value is -2.05. The summed E-state index contributed by atoms with van der Waals surface area (Å²) >= 11 is 6.10. The van der Waals surface area contributed by atoms with Crippen LogP contribution in [-0.2, 0) is 5.54 Å². The van der Waals surface area contributed by atoms with Crippen LogP contribution >= 0.6 is 11.6 Å². The highest BCUT2D eigenvalue weighted by Crippen LogP contribution is 2.47. The minimum absolute atomic E-state index is 0.365.